The number of nitrogen functional groups attached to an aromatic ring is 1. The van der Waals surface area contributed by atoms with E-state index in [-0.39, 0.29) is 23.3 Å². The first-order valence-corrected chi connectivity index (χ1v) is 9.73. The second-order valence-electron chi connectivity index (χ2n) is 6.58. The van der Waals surface area contributed by atoms with E-state index in [4.69, 9.17) is 5.73 Å². The molecule has 0 fully saturated rings. The van der Waals surface area contributed by atoms with Gasteiger partial charge in [-0.1, -0.05) is 11.9 Å². The molecule has 3 heterocycles. The van der Waals surface area contributed by atoms with Crippen molar-refractivity contribution in [1.29, 1.82) is 0 Å². The van der Waals surface area contributed by atoms with Gasteiger partial charge in [0.2, 0.25) is 5.95 Å². The molecular formula is C18H19F3N6OS. The molecule has 3 aromatic rings. The van der Waals surface area contributed by atoms with Gasteiger partial charge in [-0.2, -0.15) is 18.2 Å². The van der Waals surface area contributed by atoms with Gasteiger partial charge in [-0.3, -0.25) is 14.3 Å². The monoisotopic (exact) mass is 424 g/mol. The van der Waals surface area contributed by atoms with Crippen LogP contribution < -0.4 is 16.0 Å². The van der Waals surface area contributed by atoms with E-state index in [1.807, 2.05) is 13.8 Å². The van der Waals surface area contributed by atoms with Crippen molar-refractivity contribution in [3.05, 3.63) is 40.9 Å². The minimum atomic E-state index is -4.18. The number of aromatic nitrogens is 4. The zero-order chi connectivity index (χ0) is 21.2. The van der Waals surface area contributed by atoms with Gasteiger partial charge in [0.25, 0.3) is 5.56 Å². The van der Waals surface area contributed by atoms with Gasteiger partial charge in [0.1, 0.15) is 5.65 Å². The predicted molar refractivity (Wildman–Crippen MR) is 109 cm³/mol. The number of fused-ring (bicyclic) bond motifs is 1. The van der Waals surface area contributed by atoms with E-state index < -0.39 is 12.6 Å². The predicted octanol–water partition coefficient (Wildman–Crippen LogP) is 4.03. The zero-order valence-corrected chi connectivity index (χ0v) is 16.5. The largest absolute Gasteiger partial charge is 0.389 e. The lowest BCUT2D eigenvalue weighted by molar-refractivity contribution is -0.129. The molecule has 0 atom stereocenters. The summed E-state index contributed by atoms with van der Waals surface area (Å²) in [4.78, 5) is 25.5. The second-order valence-corrected chi connectivity index (χ2v) is 7.48. The van der Waals surface area contributed by atoms with Gasteiger partial charge in [0.05, 0.1) is 29.6 Å². The SMILES string of the molecule is CC(C)n1c(=O)c(-c2ccc(NSCCC(F)(F)F)cn2)cc2cnc(N)nc21. The van der Waals surface area contributed by atoms with Gasteiger partial charge < -0.3 is 10.5 Å². The summed E-state index contributed by atoms with van der Waals surface area (Å²) in [6.45, 7) is 3.73. The summed E-state index contributed by atoms with van der Waals surface area (Å²) in [5, 5.41) is 0.647. The van der Waals surface area contributed by atoms with E-state index in [1.165, 1.54) is 10.8 Å². The molecule has 0 amide bonds. The highest BCUT2D eigenvalue weighted by molar-refractivity contribution is 8.00. The van der Waals surface area contributed by atoms with Crippen molar-refractivity contribution in [2.24, 2.45) is 0 Å². The molecule has 0 radical (unpaired) electrons. The fourth-order valence-electron chi connectivity index (χ4n) is 2.71. The molecule has 0 unspecified atom stereocenters. The molecule has 3 N–H and O–H groups in total. The van der Waals surface area contributed by atoms with Gasteiger partial charge in [-0.15, -0.1) is 0 Å². The number of nitrogens with two attached hydrogens (primary N) is 1. The molecule has 3 rings (SSSR count). The molecule has 0 aliphatic carbocycles. The maximum Gasteiger partial charge on any atom is 0.389 e. The number of rotatable bonds is 6. The summed E-state index contributed by atoms with van der Waals surface area (Å²) >= 11 is 0.943. The summed E-state index contributed by atoms with van der Waals surface area (Å²) in [6, 6.07) is 4.79. The van der Waals surface area contributed by atoms with Crippen molar-refractivity contribution in [1.82, 2.24) is 19.5 Å². The Hall–Kier alpha value is -2.82. The molecule has 154 valence electrons. The van der Waals surface area contributed by atoms with E-state index >= 15 is 0 Å². The summed E-state index contributed by atoms with van der Waals surface area (Å²) in [6.07, 6.45) is -2.04. The molecule has 0 bridgehead atoms. The molecule has 0 aliphatic rings. The summed E-state index contributed by atoms with van der Waals surface area (Å²) < 4.78 is 40.9. The number of hydrogen-bond donors (Lipinski definition) is 2. The fraction of sp³-hybridized carbons (Fsp3) is 0.333. The Balaban J connectivity index is 1.88. The molecule has 11 heteroatoms. The van der Waals surface area contributed by atoms with Crippen molar-refractivity contribution in [3.8, 4) is 11.3 Å². The molecule has 3 aromatic heterocycles. The van der Waals surface area contributed by atoms with E-state index in [0.717, 1.165) is 11.9 Å². The maximum atomic E-state index is 13.0. The van der Waals surface area contributed by atoms with Crippen LogP contribution in [0.4, 0.5) is 24.8 Å². The van der Waals surface area contributed by atoms with Crippen molar-refractivity contribution in [2.45, 2.75) is 32.5 Å². The quantitative estimate of drug-likeness (QED) is 0.455. The lowest BCUT2D eigenvalue weighted by atomic mass is 10.1. The van der Waals surface area contributed by atoms with Gasteiger partial charge >= 0.3 is 6.18 Å². The molecule has 0 aromatic carbocycles. The van der Waals surface area contributed by atoms with E-state index in [0.29, 0.717) is 28.0 Å². The maximum absolute atomic E-state index is 13.0. The zero-order valence-electron chi connectivity index (χ0n) is 15.7. The number of anilines is 2. The number of nitrogens with zero attached hydrogens (tertiary/aromatic N) is 4. The van der Waals surface area contributed by atoms with Gasteiger partial charge in [0.15, 0.2) is 0 Å². The highest BCUT2D eigenvalue weighted by Crippen LogP contribution is 2.24. The summed E-state index contributed by atoms with van der Waals surface area (Å²) in [5.74, 6) is -0.0337. The smallest absolute Gasteiger partial charge is 0.368 e. The Morgan fingerprint density at radius 3 is 2.62 bits per heavy atom. The molecule has 0 spiro atoms. The Bertz CT molecular complexity index is 1070. The van der Waals surface area contributed by atoms with Crippen LogP contribution in [0.15, 0.2) is 35.4 Å². The first-order chi connectivity index (χ1) is 13.7. The van der Waals surface area contributed by atoms with Crippen molar-refractivity contribution < 1.29 is 13.2 Å². The highest BCUT2D eigenvalue weighted by Gasteiger charge is 2.26. The minimum Gasteiger partial charge on any atom is -0.368 e. The average Bonchev–Trinajstić information content (AvgIpc) is 2.64. The third-order valence-corrected chi connectivity index (χ3v) is 4.81. The van der Waals surface area contributed by atoms with Crippen LogP contribution in [-0.2, 0) is 0 Å². The van der Waals surface area contributed by atoms with Crippen molar-refractivity contribution in [2.75, 3.05) is 16.2 Å². The first-order valence-electron chi connectivity index (χ1n) is 8.74. The van der Waals surface area contributed by atoms with Crippen molar-refractivity contribution >= 4 is 34.6 Å². The fourth-order valence-corrected chi connectivity index (χ4v) is 3.43. The summed E-state index contributed by atoms with van der Waals surface area (Å²) in [7, 11) is 0. The van der Waals surface area contributed by atoms with Crippen LogP contribution in [0.3, 0.4) is 0 Å². The second kappa shape index (κ2) is 8.27. The lowest BCUT2D eigenvalue weighted by Crippen LogP contribution is -2.25. The third-order valence-electron chi connectivity index (χ3n) is 4.03. The van der Waals surface area contributed by atoms with Crippen LogP contribution in [0.25, 0.3) is 22.3 Å². The Labute approximate surface area is 168 Å². The van der Waals surface area contributed by atoms with E-state index in [9.17, 15) is 18.0 Å². The Morgan fingerprint density at radius 2 is 2.00 bits per heavy atom. The van der Waals surface area contributed by atoms with E-state index in [2.05, 4.69) is 19.7 Å². The number of hydrogen-bond acceptors (Lipinski definition) is 7. The normalized spacial score (nSPS) is 11.9. The molecular weight excluding hydrogens is 405 g/mol. The van der Waals surface area contributed by atoms with Crippen LogP contribution in [0.2, 0.25) is 0 Å². The number of nitrogens with one attached hydrogen (secondary N) is 1. The Morgan fingerprint density at radius 1 is 1.24 bits per heavy atom. The molecule has 7 nitrogen and oxygen atoms in total. The van der Waals surface area contributed by atoms with Crippen LogP contribution in [0.5, 0.6) is 0 Å². The molecule has 0 saturated heterocycles. The molecule has 29 heavy (non-hydrogen) atoms. The van der Waals surface area contributed by atoms with Gasteiger partial charge in [-0.25, -0.2) is 4.98 Å². The van der Waals surface area contributed by atoms with Gasteiger partial charge in [0, 0.05) is 23.4 Å². The topological polar surface area (TPSA) is 98.7 Å². The Kier molecular flexibility index (Phi) is 5.96. The van der Waals surface area contributed by atoms with Crippen molar-refractivity contribution in [3.63, 3.8) is 0 Å². The van der Waals surface area contributed by atoms with Crippen LogP contribution in [0.1, 0.15) is 26.3 Å². The van der Waals surface area contributed by atoms with Crippen LogP contribution in [0, 0.1) is 0 Å². The first kappa shape index (κ1) is 20.9. The number of alkyl halides is 3. The minimum absolute atomic E-state index is 0.0793. The number of pyridine rings is 2. The van der Waals surface area contributed by atoms with Crippen LogP contribution in [-0.4, -0.2) is 31.4 Å². The number of halogens is 3. The summed E-state index contributed by atoms with van der Waals surface area (Å²) in [5.41, 5.74) is 7.19. The molecule has 0 aliphatic heterocycles. The third kappa shape index (κ3) is 4.97. The lowest BCUT2D eigenvalue weighted by Gasteiger charge is -2.15. The standard InChI is InChI=1S/C18H19F3N6OS/c1-10(2)27-15-11(8-24-17(22)25-15)7-13(16(27)28)14-4-3-12(9-23-14)26-29-6-5-18(19,20)21/h3-4,7-10,26H,5-6H2,1-2H3,(H2,22,24,25). The van der Waals surface area contributed by atoms with Crippen LogP contribution >= 0.6 is 11.9 Å². The van der Waals surface area contributed by atoms with Gasteiger partial charge in [-0.05, 0) is 32.0 Å². The average molecular weight is 424 g/mol. The van der Waals surface area contributed by atoms with E-state index in [1.54, 1.807) is 24.4 Å². The highest BCUT2D eigenvalue weighted by atomic mass is 32.2. The molecule has 0 saturated carbocycles.